The maximum atomic E-state index is 13.6. The summed E-state index contributed by atoms with van der Waals surface area (Å²) in [5.74, 6) is -0.801. The number of amides is 1. The highest BCUT2D eigenvalue weighted by atomic mass is 127. The van der Waals surface area contributed by atoms with E-state index in [0.717, 1.165) is 21.0 Å². The van der Waals surface area contributed by atoms with Crippen LogP contribution in [0.2, 0.25) is 0 Å². The van der Waals surface area contributed by atoms with Crippen LogP contribution in [-0.4, -0.2) is 59.3 Å². The number of halogens is 3. The van der Waals surface area contributed by atoms with Crippen LogP contribution in [0.5, 0.6) is 5.75 Å². The molecule has 1 aliphatic carbocycles. The Morgan fingerprint density at radius 2 is 2.09 bits per heavy atom. The van der Waals surface area contributed by atoms with Gasteiger partial charge in [0.15, 0.2) is 11.5 Å². The molecule has 184 valence electrons. The number of fused-ring (bicyclic) bond motifs is 2. The number of hydrogen-bond donors (Lipinski definition) is 1. The number of allylic oxidation sites excluding steroid dienone is 1. The number of aromatic nitrogens is 2. The van der Waals surface area contributed by atoms with Crippen LogP contribution >= 0.6 is 35.0 Å². The molecule has 0 spiro atoms. The van der Waals surface area contributed by atoms with Crippen molar-refractivity contribution in [1.29, 1.82) is 0 Å². The van der Waals surface area contributed by atoms with Gasteiger partial charge in [-0.25, -0.2) is 9.97 Å². The summed E-state index contributed by atoms with van der Waals surface area (Å²) in [4.78, 5) is 35.7. The predicted molar refractivity (Wildman–Crippen MR) is 143 cm³/mol. The molecule has 0 aliphatic heterocycles. The van der Waals surface area contributed by atoms with E-state index in [1.54, 1.807) is 12.1 Å². The fourth-order valence-corrected chi connectivity index (χ4v) is 4.30. The lowest BCUT2D eigenvalue weighted by Crippen LogP contribution is -2.37. The van der Waals surface area contributed by atoms with E-state index in [9.17, 15) is 14.0 Å². The number of Topliss-reactive ketones (excluding diaryl/α,β-unsaturated/α-hetero) is 1. The predicted octanol–water partition coefficient (Wildman–Crippen LogP) is 4.28. The molecule has 4 rings (SSSR count). The Balaban J connectivity index is 0.00000342. The van der Waals surface area contributed by atoms with Gasteiger partial charge in [0.2, 0.25) is 0 Å². The highest BCUT2D eigenvalue weighted by Gasteiger charge is 2.25. The van der Waals surface area contributed by atoms with Crippen LogP contribution in [0.25, 0.3) is 16.5 Å². The van der Waals surface area contributed by atoms with Gasteiger partial charge in [-0.05, 0) is 65.5 Å². The lowest BCUT2D eigenvalue weighted by atomic mass is 9.92. The maximum absolute atomic E-state index is 13.6. The standard InChI is InChI=1S/C25H24FIN4O3.ClH/c1-2-31(12-13-34-22-4-3-9-28-24(22)26)11-10-29-25(33)18-6-8-21(32)19-15-16-14-17(27)5-7-20(16)30-23(18)19;/h3-7,9,14-15H,2,8,10-13H2,1H3,(H,29,33);1H. The molecule has 7 nitrogen and oxygen atoms in total. The molecule has 2 aromatic heterocycles. The van der Waals surface area contributed by atoms with Crippen LogP contribution in [0.1, 0.15) is 29.4 Å². The molecule has 0 unspecified atom stereocenters. The molecule has 1 N–H and O–H groups in total. The van der Waals surface area contributed by atoms with Crippen molar-refractivity contribution in [1.82, 2.24) is 20.2 Å². The molecule has 0 atom stereocenters. The molecule has 1 amide bonds. The van der Waals surface area contributed by atoms with Crippen LogP contribution in [0, 0.1) is 9.52 Å². The number of hydrogen-bond acceptors (Lipinski definition) is 6. The number of ketones is 1. The third-order valence-electron chi connectivity index (χ3n) is 5.62. The SMILES string of the molecule is CCN(CCNC(=O)C1=CCC(=O)c2cc3cc(I)ccc3nc21)CCOc1cccnc1F.Cl. The van der Waals surface area contributed by atoms with E-state index >= 15 is 0 Å². The average molecular weight is 611 g/mol. The Hall–Kier alpha value is -2.63. The molecule has 0 bridgehead atoms. The van der Waals surface area contributed by atoms with E-state index in [-0.39, 0.29) is 36.3 Å². The van der Waals surface area contributed by atoms with Crippen molar-refractivity contribution in [2.45, 2.75) is 13.3 Å². The number of carbonyl (C=O) groups is 2. The molecule has 35 heavy (non-hydrogen) atoms. The molecule has 2 heterocycles. The van der Waals surface area contributed by atoms with Crippen molar-refractivity contribution in [3.05, 3.63) is 69.4 Å². The number of likely N-dealkylation sites (N-methyl/N-ethyl adjacent to an activating group) is 1. The molecular formula is C25H25ClFIN4O3. The topological polar surface area (TPSA) is 84.4 Å². The van der Waals surface area contributed by atoms with Crippen molar-refractivity contribution in [2.75, 3.05) is 32.8 Å². The van der Waals surface area contributed by atoms with Crippen molar-refractivity contribution in [3.63, 3.8) is 0 Å². The van der Waals surface area contributed by atoms with E-state index in [1.165, 1.54) is 12.3 Å². The minimum absolute atomic E-state index is 0. The summed E-state index contributed by atoms with van der Waals surface area (Å²) in [5, 5.41) is 3.82. The molecule has 3 aromatic rings. The zero-order valence-electron chi connectivity index (χ0n) is 19.1. The Morgan fingerprint density at radius 1 is 1.26 bits per heavy atom. The zero-order chi connectivity index (χ0) is 24.1. The average Bonchev–Trinajstić information content (AvgIpc) is 2.83. The minimum atomic E-state index is -0.631. The number of nitrogens with one attached hydrogen (secondary N) is 1. The molecule has 0 radical (unpaired) electrons. The number of ether oxygens (including phenoxy) is 1. The number of pyridine rings is 2. The summed E-state index contributed by atoms with van der Waals surface area (Å²) >= 11 is 2.22. The molecule has 0 saturated heterocycles. The smallest absolute Gasteiger partial charge is 0.255 e. The highest BCUT2D eigenvalue weighted by Crippen LogP contribution is 2.29. The number of nitrogens with zero attached hydrogens (tertiary/aromatic N) is 3. The highest BCUT2D eigenvalue weighted by molar-refractivity contribution is 14.1. The monoisotopic (exact) mass is 610 g/mol. The number of rotatable bonds is 9. The zero-order valence-corrected chi connectivity index (χ0v) is 22.1. The molecule has 1 aliphatic rings. The second kappa shape index (κ2) is 12.4. The van der Waals surface area contributed by atoms with Crippen molar-refractivity contribution < 1.29 is 18.7 Å². The van der Waals surface area contributed by atoms with E-state index in [0.29, 0.717) is 43.1 Å². The maximum Gasteiger partial charge on any atom is 0.255 e. The van der Waals surface area contributed by atoms with Gasteiger partial charge in [-0.3, -0.25) is 14.5 Å². The summed E-state index contributed by atoms with van der Waals surface area (Å²) < 4.78 is 20.1. The van der Waals surface area contributed by atoms with Gasteiger partial charge in [-0.1, -0.05) is 13.0 Å². The number of benzene rings is 1. The van der Waals surface area contributed by atoms with Crippen molar-refractivity contribution in [3.8, 4) is 5.75 Å². The van der Waals surface area contributed by atoms with Crippen LogP contribution in [0.4, 0.5) is 4.39 Å². The van der Waals surface area contributed by atoms with Gasteiger partial charge in [0.1, 0.15) is 6.61 Å². The lowest BCUT2D eigenvalue weighted by molar-refractivity contribution is -0.115. The van der Waals surface area contributed by atoms with Crippen LogP contribution < -0.4 is 10.1 Å². The van der Waals surface area contributed by atoms with Gasteiger partial charge >= 0.3 is 0 Å². The molecular weight excluding hydrogens is 586 g/mol. The molecule has 0 fully saturated rings. The third kappa shape index (κ3) is 6.53. The normalized spacial score (nSPS) is 12.7. The first kappa shape index (κ1) is 27.0. The largest absolute Gasteiger partial charge is 0.487 e. The van der Waals surface area contributed by atoms with E-state index < -0.39 is 5.95 Å². The Morgan fingerprint density at radius 3 is 2.86 bits per heavy atom. The van der Waals surface area contributed by atoms with Crippen molar-refractivity contribution in [2.24, 2.45) is 0 Å². The van der Waals surface area contributed by atoms with Crippen molar-refractivity contribution >= 4 is 63.2 Å². The first-order valence-electron chi connectivity index (χ1n) is 11.0. The van der Waals surface area contributed by atoms with Gasteiger partial charge in [0.25, 0.3) is 11.9 Å². The first-order chi connectivity index (χ1) is 16.5. The Bertz CT molecular complexity index is 1270. The van der Waals surface area contributed by atoms with E-state index in [4.69, 9.17) is 4.74 Å². The fourth-order valence-electron chi connectivity index (χ4n) is 3.78. The van der Waals surface area contributed by atoms with Gasteiger partial charge in [-0.2, -0.15) is 4.39 Å². The molecule has 1 aromatic carbocycles. The second-order valence-electron chi connectivity index (χ2n) is 7.80. The number of carbonyl (C=O) groups excluding carboxylic acids is 2. The van der Waals surface area contributed by atoms with Crippen LogP contribution in [-0.2, 0) is 4.79 Å². The van der Waals surface area contributed by atoms with Gasteiger partial charge in [0.05, 0.1) is 16.8 Å². The van der Waals surface area contributed by atoms with Gasteiger partial charge in [-0.15, -0.1) is 12.4 Å². The third-order valence-corrected chi connectivity index (χ3v) is 6.29. The van der Waals surface area contributed by atoms with E-state index in [2.05, 4.69) is 42.8 Å². The summed E-state index contributed by atoms with van der Waals surface area (Å²) in [5.41, 5.74) is 2.09. The van der Waals surface area contributed by atoms with E-state index in [1.807, 2.05) is 31.2 Å². The summed E-state index contributed by atoms with van der Waals surface area (Å²) in [6.45, 7) is 4.66. The van der Waals surface area contributed by atoms with Crippen LogP contribution in [0.3, 0.4) is 0 Å². The Kier molecular flexibility index (Phi) is 9.53. The first-order valence-corrected chi connectivity index (χ1v) is 12.1. The summed E-state index contributed by atoms with van der Waals surface area (Å²) in [7, 11) is 0. The quantitative estimate of drug-likeness (QED) is 0.288. The second-order valence-corrected chi connectivity index (χ2v) is 9.04. The Labute approximate surface area is 222 Å². The molecule has 0 saturated carbocycles. The van der Waals surface area contributed by atoms with Gasteiger partial charge in [0, 0.05) is 46.8 Å². The minimum Gasteiger partial charge on any atom is -0.487 e. The lowest BCUT2D eigenvalue weighted by Gasteiger charge is -2.21. The fraction of sp³-hybridized carbons (Fsp3) is 0.280. The molecule has 10 heteroatoms. The van der Waals surface area contributed by atoms with Crippen LogP contribution in [0.15, 0.2) is 48.7 Å². The van der Waals surface area contributed by atoms with Gasteiger partial charge < -0.3 is 10.1 Å². The summed E-state index contributed by atoms with van der Waals surface area (Å²) in [6.07, 6.45) is 3.20. The summed E-state index contributed by atoms with van der Waals surface area (Å²) in [6, 6.07) is 10.8.